The van der Waals surface area contributed by atoms with E-state index in [0.717, 1.165) is 6.92 Å². The summed E-state index contributed by atoms with van der Waals surface area (Å²) < 4.78 is 22.6. The summed E-state index contributed by atoms with van der Waals surface area (Å²) in [5, 5.41) is 20.4. The third kappa shape index (κ3) is 4.06. The highest BCUT2D eigenvalue weighted by Gasteiger charge is 2.34. The van der Waals surface area contributed by atoms with Crippen LogP contribution >= 0.6 is 0 Å². The average Bonchev–Trinajstić information content (AvgIpc) is 2.65. The highest BCUT2D eigenvalue weighted by molar-refractivity contribution is 7.91. The van der Waals surface area contributed by atoms with Crippen LogP contribution in [0.25, 0.3) is 0 Å². The Morgan fingerprint density at radius 3 is 2.47 bits per heavy atom. The van der Waals surface area contributed by atoms with Crippen LogP contribution in [-0.4, -0.2) is 72.3 Å². The lowest BCUT2D eigenvalue weighted by atomic mass is 10.1. The van der Waals surface area contributed by atoms with Crippen LogP contribution in [0.15, 0.2) is 0 Å². The SMILES string of the molecule is CN(C(=O)NCC(C)(O)C(=O)O)C1CCS(=O)(=O)C1. The second kappa shape index (κ2) is 5.33. The van der Waals surface area contributed by atoms with Crippen molar-refractivity contribution in [1.29, 1.82) is 0 Å². The number of hydrogen-bond donors (Lipinski definition) is 3. The van der Waals surface area contributed by atoms with Gasteiger partial charge in [-0.25, -0.2) is 18.0 Å². The Hall–Kier alpha value is -1.35. The van der Waals surface area contributed by atoms with E-state index in [4.69, 9.17) is 5.11 Å². The van der Waals surface area contributed by atoms with Crippen molar-refractivity contribution in [2.24, 2.45) is 0 Å². The molecule has 0 aromatic carbocycles. The van der Waals surface area contributed by atoms with Crippen molar-refractivity contribution in [3.05, 3.63) is 0 Å². The molecule has 0 saturated carbocycles. The van der Waals surface area contributed by atoms with E-state index in [9.17, 15) is 23.1 Å². The number of nitrogens with one attached hydrogen (secondary N) is 1. The average molecular weight is 294 g/mol. The summed E-state index contributed by atoms with van der Waals surface area (Å²) in [7, 11) is -1.66. The first-order valence-electron chi connectivity index (χ1n) is 5.72. The Morgan fingerprint density at radius 1 is 1.47 bits per heavy atom. The van der Waals surface area contributed by atoms with Crippen LogP contribution in [0.1, 0.15) is 13.3 Å². The van der Waals surface area contributed by atoms with Crippen LogP contribution in [0.2, 0.25) is 0 Å². The topological polar surface area (TPSA) is 124 Å². The number of sulfone groups is 1. The predicted molar refractivity (Wildman–Crippen MR) is 66.5 cm³/mol. The highest BCUT2D eigenvalue weighted by atomic mass is 32.2. The number of carboxylic acid groups (broad SMARTS) is 1. The van der Waals surface area contributed by atoms with Crippen LogP contribution < -0.4 is 5.32 Å². The maximum Gasteiger partial charge on any atom is 0.337 e. The lowest BCUT2D eigenvalue weighted by molar-refractivity contribution is -0.155. The molecule has 9 heteroatoms. The molecule has 0 aromatic rings. The standard InChI is InChI=1S/C10H18N2O6S/c1-10(16,8(13)14)6-11-9(15)12(2)7-3-4-19(17,18)5-7/h7,16H,3-6H2,1-2H3,(H,11,15)(H,13,14). The third-order valence-electron chi connectivity index (χ3n) is 3.12. The van der Waals surface area contributed by atoms with Gasteiger partial charge < -0.3 is 20.4 Å². The fourth-order valence-electron chi connectivity index (χ4n) is 1.69. The number of urea groups is 1. The van der Waals surface area contributed by atoms with Crippen LogP contribution in [0.4, 0.5) is 4.79 Å². The first-order chi connectivity index (χ1) is 8.55. The molecule has 1 aliphatic rings. The number of aliphatic carboxylic acids is 1. The summed E-state index contributed by atoms with van der Waals surface area (Å²) in [6.07, 6.45) is 0.363. The highest BCUT2D eigenvalue weighted by Crippen LogP contribution is 2.16. The van der Waals surface area contributed by atoms with Gasteiger partial charge in [-0.1, -0.05) is 0 Å². The zero-order valence-corrected chi connectivity index (χ0v) is 11.6. The summed E-state index contributed by atoms with van der Waals surface area (Å²) >= 11 is 0. The van der Waals surface area contributed by atoms with Gasteiger partial charge in [0.15, 0.2) is 15.4 Å². The van der Waals surface area contributed by atoms with E-state index in [1.54, 1.807) is 0 Å². The fraction of sp³-hybridized carbons (Fsp3) is 0.800. The maximum absolute atomic E-state index is 11.7. The van der Waals surface area contributed by atoms with Gasteiger partial charge in [-0.3, -0.25) is 0 Å². The fourth-order valence-corrected chi connectivity index (χ4v) is 3.47. The number of carbonyl (C=O) groups excluding carboxylic acids is 1. The predicted octanol–water partition coefficient (Wildman–Crippen LogP) is -1.35. The Kier molecular flexibility index (Phi) is 4.41. The number of rotatable bonds is 4. The summed E-state index contributed by atoms with van der Waals surface area (Å²) in [6, 6.07) is -1.02. The van der Waals surface area contributed by atoms with E-state index in [0.29, 0.717) is 6.42 Å². The van der Waals surface area contributed by atoms with Crippen molar-refractivity contribution in [2.75, 3.05) is 25.1 Å². The molecule has 0 aromatic heterocycles. The van der Waals surface area contributed by atoms with Gasteiger partial charge in [0, 0.05) is 13.1 Å². The summed E-state index contributed by atoms with van der Waals surface area (Å²) in [5.74, 6) is -1.49. The van der Waals surface area contributed by atoms with Crippen molar-refractivity contribution >= 4 is 21.8 Å². The summed E-state index contributed by atoms with van der Waals surface area (Å²) in [4.78, 5) is 23.6. The van der Waals surface area contributed by atoms with Gasteiger partial charge in [-0.05, 0) is 13.3 Å². The molecule has 2 atom stereocenters. The largest absolute Gasteiger partial charge is 0.479 e. The van der Waals surface area contributed by atoms with E-state index in [1.807, 2.05) is 0 Å². The molecule has 1 saturated heterocycles. The van der Waals surface area contributed by atoms with Gasteiger partial charge in [0.25, 0.3) is 0 Å². The third-order valence-corrected chi connectivity index (χ3v) is 4.87. The van der Waals surface area contributed by atoms with Gasteiger partial charge in [-0.2, -0.15) is 0 Å². The molecular formula is C10H18N2O6S. The van der Waals surface area contributed by atoms with Crippen molar-refractivity contribution in [3.63, 3.8) is 0 Å². The van der Waals surface area contributed by atoms with Gasteiger partial charge in [0.1, 0.15) is 0 Å². The Morgan fingerprint density at radius 2 is 2.05 bits per heavy atom. The Labute approximate surface area is 111 Å². The smallest absolute Gasteiger partial charge is 0.337 e. The van der Waals surface area contributed by atoms with Crippen LogP contribution in [0.3, 0.4) is 0 Å². The Bertz CT molecular complexity index is 472. The molecule has 0 bridgehead atoms. The molecule has 2 unspecified atom stereocenters. The summed E-state index contributed by atoms with van der Waals surface area (Å²) in [5.41, 5.74) is -2.06. The zero-order valence-electron chi connectivity index (χ0n) is 10.8. The molecule has 0 spiro atoms. The lowest BCUT2D eigenvalue weighted by Crippen LogP contribution is -2.51. The van der Waals surface area contributed by atoms with Crippen molar-refractivity contribution in [1.82, 2.24) is 10.2 Å². The second-order valence-electron chi connectivity index (χ2n) is 4.91. The van der Waals surface area contributed by atoms with E-state index in [1.165, 1.54) is 11.9 Å². The normalized spacial score (nSPS) is 24.5. The van der Waals surface area contributed by atoms with Gasteiger partial charge in [0.2, 0.25) is 0 Å². The number of amides is 2. The van der Waals surface area contributed by atoms with E-state index >= 15 is 0 Å². The molecule has 1 aliphatic heterocycles. The summed E-state index contributed by atoms with van der Waals surface area (Å²) in [6.45, 7) is 0.612. The van der Waals surface area contributed by atoms with Gasteiger partial charge >= 0.3 is 12.0 Å². The molecule has 3 N–H and O–H groups in total. The van der Waals surface area contributed by atoms with Crippen LogP contribution in [-0.2, 0) is 14.6 Å². The second-order valence-corrected chi connectivity index (χ2v) is 7.13. The number of nitrogens with zero attached hydrogens (tertiary/aromatic N) is 1. The molecule has 1 heterocycles. The minimum absolute atomic E-state index is 0.0438. The molecule has 1 fully saturated rings. The van der Waals surface area contributed by atoms with Crippen LogP contribution in [0.5, 0.6) is 0 Å². The van der Waals surface area contributed by atoms with Crippen molar-refractivity contribution in [2.45, 2.75) is 25.0 Å². The lowest BCUT2D eigenvalue weighted by Gasteiger charge is -2.26. The van der Waals surface area contributed by atoms with E-state index in [-0.39, 0.29) is 11.5 Å². The Balaban J connectivity index is 2.53. The van der Waals surface area contributed by atoms with Gasteiger partial charge in [-0.15, -0.1) is 0 Å². The quantitative estimate of drug-likeness (QED) is 0.589. The van der Waals surface area contributed by atoms with E-state index in [2.05, 4.69) is 5.32 Å². The van der Waals surface area contributed by atoms with Crippen LogP contribution in [0, 0.1) is 0 Å². The molecule has 8 nitrogen and oxygen atoms in total. The van der Waals surface area contributed by atoms with Crippen molar-refractivity contribution in [3.8, 4) is 0 Å². The van der Waals surface area contributed by atoms with Gasteiger partial charge in [0.05, 0.1) is 18.1 Å². The minimum Gasteiger partial charge on any atom is -0.479 e. The zero-order chi connectivity index (χ0) is 14.8. The molecule has 1 rings (SSSR count). The maximum atomic E-state index is 11.7. The monoisotopic (exact) mass is 294 g/mol. The minimum atomic E-state index is -3.10. The number of carbonyl (C=O) groups is 2. The molecule has 0 aliphatic carbocycles. The molecule has 110 valence electrons. The first kappa shape index (κ1) is 15.7. The first-order valence-corrected chi connectivity index (χ1v) is 7.54. The number of hydrogen-bond acceptors (Lipinski definition) is 5. The van der Waals surface area contributed by atoms with E-state index < -0.39 is 40.0 Å². The number of carboxylic acids is 1. The molecular weight excluding hydrogens is 276 g/mol. The molecule has 0 radical (unpaired) electrons. The molecule has 2 amide bonds. The molecule has 19 heavy (non-hydrogen) atoms. The number of aliphatic hydroxyl groups is 1. The van der Waals surface area contributed by atoms with Crippen molar-refractivity contribution < 1.29 is 28.2 Å².